The summed E-state index contributed by atoms with van der Waals surface area (Å²) in [4.78, 5) is 11.7. The summed E-state index contributed by atoms with van der Waals surface area (Å²) in [5.74, 6) is 0. The van der Waals surface area contributed by atoms with Gasteiger partial charge in [0.1, 0.15) is 11.8 Å². The third-order valence-electron chi connectivity index (χ3n) is 2.27. The summed E-state index contributed by atoms with van der Waals surface area (Å²) in [7, 11) is 0. The number of hydrogen-bond acceptors (Lipinski definition) is 4. The maximum absolute atomic E-state index is 11.7. The molecule has 5 nitrogen and oxygen atoms in total. The van der Waals surface area contributed by atoms with Gasteiger partial charge in [0, 0.05) is 0 Å². The first-order valence-electron chi connectivity index (χ1n) is 6.35. The Bertz CT molecular complexity index is 427. The Morgan fingerprint density at radius 2 is 1.89 bits per heavy atom. The molecule has 0 aliphatic carbocycles. The zero-order valence-electron chi connectivity index (χ0n) is 11.9. The second kappa shape index (κ2) is 6.43. The van der Waals surface area contributed by atoms with Crippen molar-refractivity contribution in [3.8, 4) is 0 Å². The molecule has 1 atom stereocenters. The second-order valence-corrected chi connectivity index (χ2v) is 5.24. The molecule has 0 heterocycles. The third-order valence-corrected chi connectivity index (χ3v) is 2.27. The predicted molar refractivity (Wildman–Crippen MR) is 76.2 cm³/mol. The number of rotatable bonds is 4. The lowest BCUT2D eigenvalue weighted by Gasteiger charge is -2.21. The topological polar surface area (TPSA) is 70.6 Å². The van der Waals surface area contributed by atoms with Crippen LogP contribution in [0, 0.1) is 0 Å². The van der Waals surface area contributed by atoms with Crippen LogP contribution in [0.25, 0.3) is 0 Å². The number of hydrogen-bond donors (Lipinski definition) is 3. The fourth-order valence-electron chi connectivity index (χ4n) is 1.41. The number of carbonyl (C=O) groups excluding carboxylic acids is 1. The van der Waals surface area contributed by atoms with Crippen LogP contribution in [0.5, 0.6) is 0 Å². The number of nitrogens with one attached hydrogen (secondary N) is 2. The summed E-state index contributed by atoms with van der Waals surface area (Å²) in [5.41, 5.74) is 0.682. The van der Waals surface area contributed by atoms with E-state index in [4.69, 9.17) is 4.74 Å². The maximum Gasteiger partial charge on any atom is 0.412 e. The van der Waals surface area contributed by atoms with E-state index in [0.29, 0.717) is 17.8 Å². The number of para-hydroxylation sites is 2. The monoisotopic (exact) mass is 266 g/mol. The third kappa shape index (κ3) is 5.61. The number of ether oxygens (including phenoxy) is 1. The minimum absolute atomic E-state index is 0.521. The highest BCUT2D eigenvalue weighted by atomic mass is 16.6. The molecule has 0 saturated carbocycles. The quantitative estimate of drug-likeness (QED) is 0.732. The summed E-state index contributed by atoms with van der Waals surface area (Å²) in [6.45, 7) is 7.27. The van der Waals surface area contributed by atoms with Gasteiger partial charge in [0.05, 0.1) is 11.4 Å². The minimum atomic E-state index is -0.651. The lowest BCUT2D eigenvalue weighted by atomic mass is 10.2. The molecule has 0 spiro atoms. The largest absolute Gasteiger partial charge is 0.444 e. The van der Waals surface area contributed by atoms with Crippen molar-refractivity contribution in [2.75, 3.05) is 10.6 Å². The van der Waals surface area contributed by atoms with Gasteiger partial charge in [-0.15, -0.1) is 0 Å². The van der Waals surface area contributed by atoms with Gasteiger partial charge in [0.15, 0.2) is 0 Å². The maximum atomic E-state index is 11.7. The van der Waals surface area contributed by atoms with Gasteiger partial charge >= 0.3 is 6.09 Å². The Morgan fingerprint density at radius 1 is 1.32 bits per heavy atom. The van der Waals surface area contributed by atoms with E-state index in [2.05, 4.69) is 10.6 Å². The highest BCUT2D eigenvalue weighted by Crippen LogP contribution is 2.22. The summed E-state index contributed by atoms with van der Waals surface area (Å²) >= 11 is 0. The van der Waals surface area contributed by atoms with Crippen molar-refractivity contribution in [3.05, 3.63) is 24.3 Å². The highest BCUT2D eigenvalue weighted by Gasteiger charge is 2.17. The molecule has 1 aromatic carbocycles. The van der Waals surface area contributed by atoms with E-state index in [-0.39, 0.29) is 0 Å². The van der Waals surface area contributed by atoms with Crippen LogP contribution in [0.2, 0.25) is 0 Å². The normalized spacial score (nSPS) is 12.7. The van der Waals surface area contributed by atoms with Crippen molar-refractivity contribution in [2.45, 2.75) is 45.9 Å². The number of aliphatic hydroxyl groups excluding tert-OH is 1. The van der Waals surface area contributed by atoms with Crippen LogP contribution in [0.1, 0.15) is 34.1 Å². The molecule has 0 aliphatic heterocycles. The van der Waals surface area contributed by atoms with E-state index in [0.717, 1.165) is 0 Å². The van der Waals surface area contributed by atoms with Gasteiger partial charge in [0.25, 0.3) is 0 Å². The number of carbonyl (C=O) groups is 1. The molecular weight excluding hydrogens is 244 g/mol. The van der Waals surface area contributed by atoms with Gasteiger partial charge in [-0.2, -0.15) is 0 Å². The second-order valence-electron chi connectivity index (χ2n) is 5.24. The molecule has 0 radical (unpaired) electrons. The first-order chi connectivity index (χ1) is 8.81. The van der Waals surface area contributed by atoms with Gasteiger partial charge in [0.2, 0.25) is 0 Å². The van der Waals surface area contributed by atoms with E-state index in [1.807, 2.05) is 13.0 Å². The molecule has 106 valence electrons. The number of benzene rings is 1. The molecule has 0 saturated heterocycles. The fraction of sp³-hybridized carbons (Fsp3) is 0.500. The van der Waals surface area contributed by atoms with Gasteiger partial charge in [-0.05, 0) is 39.3 Å². The Hall–Kier alpha value is -1.75. The van der Waals surface area contributed by atoms with Crippen molar-refractivity contribution in [3.63, 3.8) is 0 Å². The summed E-state index contributed by atoms with van der Waals surface area (Å²) in [5, 5.41) is 15.2. The first kappa shape index (κ1) is 15.3. The fourth-order valence-corrected chi connectivity index (χ4v) is 1.41. The average Bonchev–Trinajstić information content (AvgIpc) is 2.29. The number of amides is 1. The van der Waals surface area contributed by atoms with Crippen molar-refractivity contribution in [1.82, 2.24) is 0 Å². The van der Waals surface area contributed by atoms with Crippen molar-refractivity contribution < 1.29 is 14.6 Å². The Balaban J connectivity index is 2.75. The Kier molecular flexibility index (Phi) is 5.18. The summed E-state index contributed by atoms with van der Waals surface area (Å²) < 4.78 is 5.19. The van der Waals surface area contributed by atoms with Crippen LogP contribution in [0.3, 0.4) is 0 Å². The predicted octanol–water partition coefficient (Wildman–Crippen LogP) is 3.17. The van der Waals surface area contributed by atoms with Gasteiger partial charge < -0.3 is 15.2 Å². The molecule has 0 bridgehead atoms. The van der Waals surface area contributed by atoms with E-state index < -0.39 is 17.9 Å². The lowest BCUT2D eigenvalue weighted by molar-refractivity contribution is 0.0636. The average molecular weight is 266 g/mol. The first-order valence-corrected chi connectivity index (χ1v) is 6.35. The van der Waals surface area contributed by atoms with Crippen LogP contribution in [0.15, 0.2) is 24.3 Å². The Morgan fingerprint density at radius 3 is 2.42 bits per heavy atom. The molecule has 1 amide bonds. The van der Waals surface area contributed by atoms with Crippen LogP contribution in [-0.4, -0.2) is 23.0 Å². The van der Waals surface area contributed by atoms with Crippen LogP contribution in [-0.2, 0) is 4.74 Å². The van der Waals surface area contributed by atoms with Crippen molar-refractivity contribution in [2.24, 2.45) is 0 Å². The van der Waals surface area contributed by atoms with Crippen LogP contribution >= 0.6 is 0 Å². The van der Waals surface area contributed by atoms with E-state index in [1.165, 1.54) is 0 Å². The van der Waals surface area contributed by atoms with E-state index >= 15 is 0 Å². The van der Waals surface area contributed by atoms with Crippen LogP contribution in [0.4, 0.5) is 16.2 Å². The standard InChI is InChI=1S/C14H22N2O3/c1-5-12(17)15-10-8-6-7-9-11(10)16-13(18)19-14(2,3)4/h6-9,12,15,17H,5H2,1-4H3,(H,16,18). The molecule has 1 unspecified atom stereocenters. The molecule has 0 fully saturated rings. The smallest absolute Gasteiger partial charge is 0.412 e. The van der Waals surface area contributed by atoms with Crippen molar-refractivity contribution in [1.29, 1.82) is 0 Å². The molecular formula is C14H22N2O3. The summed E-state index contributed by atoms with van der Waals surface area (Å²) in [6.07, 6.45) is -0.602. The van der Waals surface area contributed by atoms with E-state index in [9.17, 15) is 9.90 Å². The zero-order chi connectivity index (χ0) is 14.5. The molecule has 5 heteroatoms. The molecule has 1 aromatic rings. The van der Waals surface area contributed by atoms with Gasteiger partial charge in [-0.25, -0.2) is 4.79 Å². The summed E-state index contributed by atoms with van der Waals surface area (Å²) in [6, 6.07) is 7.15. The van der Waals surface area contributed by atoms with Crippen molar-refractivity contribution >= 4 is 17.5 Å². The van der Waals surface area contributed by atoms with Gasteiger partial charge in [-0.3, -0.25) is 5.32 Å². The van der Waals surface area contributed by atoms with E-state index in [1.54, 1.807) is 39.0 Å². The SMILES string of the molecule is CCC(O)Nc1ccccc1NC(=O)OC(C)(C)C. The molecule has 0 aliphatic rings. The molecule has 19 heavy (non-hydrogen) atoms. The highest BCUT2D eigenvalue weighted by molar-refractivity contribution is 5.89. The molecule has 1 rings (SSSR count). The zero-order valence-corrected chi connectivity index (χ0v) is 11.9. The van der Waals surface area contributed by atoms with Gasteiger partial charge in [-0.1, -0.05) is 19.1 Å². The lowest BCUT2D eigenvalue weighted by Crippen LogP contribution is -2.27. The minimum Gasteiger partial charge on any atom is -0.444 e. The molecule has 0 aromatic heterocycles. The number of anilines is 2. The van der Waals surface area contributed by atoms with Crippen LogP contribution < -0.4 is 10.6 Å². The molecule has 3 N–H and O–H groups in total. The number of aliphatic hydroxyl groups is 1. The Labute approximate surface area is 114 Å².